The minimum atomic E-state index is -0.901. The van der Waals surface area contributed by atoms with Gasteiger partial charge in [-0.3, -0.25) is 0 Å². The van der Waals surface area contributed by atoms with Crippen LogP contribution in [0.1, 0.15) is 11.1 Å². The summed E-state index contributed by atoms with van der Waals surface area (Å²) >= 11 is 0. The highest BCUT2D eigenvalue weighted by Crippen LogP contribution is 2.05. The van der Waals surface area contributed by atoms with Crippen LogP contribution in [0.25, 0.3) is 6.08 Å². The molecule has 0 bridgehead atoms. The molecular formula is C13H20BNO3. The number of aliphatic hydroxyl groups is 1. The molecule has 98 valence electrons. The minimum Gasteiger partial charge on any atom is -0.423 e. The fourth-order valence-corrected chi connectivity index (χ4v) is 1.38. The van der Waals surface area contributed by atoms with Gasteiger partial charge in [-0.2, -0.15) is 0 Å². The van der Waals surface area contributed by atoms with Gasteiger partial charge in [0.2, 0.25) is 0 Å². The SMILES string of the molecule is Cc1ccc(/C=C/B(O)OCCNCCO)cc1. The first-order valence-corrected chi connectivity index (χ1v) is 6.08. The van der Waals surface area contributed by atoms with E-state index in [4.69, 9.17) is 9.76 Å². The van der Waals surface area contributed by atoms with E-state index in [1.165, 1.54) is 5.56 Å². The summed E-state index contributed by atoms with van der Waals surface area (Å²) < 4.78 is 5.16. The summed E-state index contributed by atoms with van der Waals surface area (Å²) in [6, 6.07) is 8.01. The van der Waals surface area contributed by atoms with Crippen molar-refractivity contribution in [2.45, 2.75) is 6.92 Å². The van der Waals surface area contributed by atoms with Crippen LogP contribution in [0, 0.1) is 6.92 Å². The van der Waals surface area contributed by atoms with E-state index in [1.807, 2.05) is 37.3 Å². The Hall–Kier alpha value is -1.14. The number of rotatable bonds is 8. The van der Waals surface area contributed by atoms with E-state index >= 15 is 0 Å². The summed E-state index contributed by atoms with van der Waals surface area (Å²) in [5.41, 5.74) is 2.24. The third-order valence-corrected chi connectivity index (χ3v) is 2.39. The van der Waals surface area contributed by atoms with Gasteiger partial charge < -0.3 is 20.1 Å². The van der Waals surface area contributed by atoms with Gasteiger partial charge in [0.25, 0.3) is 0 Å². The monoisotopic (exact) mass is 249 g/mol. The van der Waals surface area contributed by atoms with Crippen molar-refractivity contribution in [2.24, 2.45) is 0 Å². The Balaban J connectivity index is 2.22. The Bertz CT molecular complexity index is 354. The van der Waals surface area contributed by atoms with E-state index in [1.54, 1.807) is 5.98 Å². The normalized spacial score (nSPS) is 11.1. The number of nitrogens with one attached hydrogen (secondary N) is 1. The largest absolute Gasteiger partial charge is 0.483 e. The molecule has 0 radical (unpaired) electrons. The smallest absolute Gasteiger partial charge is 0.423 e. The molecule has 1 aromatic rings. The molecule has 0 aromatic heterocycles. The van der Waals surface area contributed by atoms with E-state index in [9.17, 15) is 5.02 Å². The van der Waals surface area contributed by atoms with E-state index < -0.39 is 7.12 Å². The highest BCUT2D eigenvalue weighted by atomic mass is 16.5. The van der Waals surface area contributed by atoms with Crippen LogP contribution in [-0.2, 0) is 4.65 Å². The summed E-state index contributed by atoms with van der Waals surface area (Å²) in [5, 5.41) is 21.0. The first kappa shape index (κ1) is 14.9. The molecule has 0 aliphatic heterocycles. The molecule has 5 heteroatoms. The zero-order valence-corrected chi connectivity index (χ0v) is 10.7. The summed E-state index contributed by atoms with van der Waals surface area (Å²) in [7, 11) is -0.901. The quantitative estimate of drug-likeness (QED) is 0.467. The predicted octanol–water partition coefficient (Wildman–Crippen LogP) is 0.626. The number of hydrogen-bond acceptors (Lipinski definition) is 4. The van der Waals surface area contributed by atoms with Gasteiger partial charge >= 0.3 is 7.12 Å². The molecule has 0 unspecified atom stereocenters. The highest BCUT2D eigenvalue weighted by Gasteiger charge is 2.06. The zero-order chi connectivity index (χ0) is 13.2. The lowest BCUT2D eigenvalue weighted by Crippen LogP contribution is -2.26. The Morgan fingerprint density at radius 1 is 1.28 bits per heavy atom. The molecule has 0 aliphatic carbocycles. The van der Waals surface area contributed by atoms with Crippen molar-refractivity contribution >= 4 is 13.2 Å². The van der Waals surface area contributed by atoms with Gasteiger partial charge in [-0.15, -0.1) is 0 Å². The zero-order valence-electron chi connectivity index (χ0n) is 10.7. The van der Waals surface area contributed by atoms with Gasteiger partial charge in [0.15, 0.2) is 0 Å². The Morgan fingerprint density at radius 2 is 2.00 bits per heavy atom. The fourth-order valence-electron chi connectivity index (χ4n) is 1.38. The second kappa shape index (κ2) is 8.88. The average molecular weight is 249 g/mol. The van der Waals surface area contributed by atoms with E-state index in [0.29, 0.717) is 19.7 Å². The van der Waals surface area contributed by atoms with Crippen molar-refractivity contribution in [1.82, 2.24) is 5.32 Å². The topological polar surface area (TPSA) is 61.7 Å². The lowest BCUT2D eigenvalue weighted by Gasteiger charge is -2.05. The molecule has 18 heavy (non-hydrogen) atoms. The Kier molecular flexibility index (Phi) is 7.37. The van der Waals surface area contributed by atoms with Gasteiger partial charge in [-0.1, -0.05) is 41.9 Å². The maximum Gasteiger partial charge on any atom is 0.483 e. The first-order chi connectivity index (χ1) is 8.72. The van der Waals surface area contributed by atoms with Crippen LogP contribution in [0.4, 0.5) is 0 Å². The molecule has 0 saturated carbocycles. The third-order valence-electron chi connectivity index (χ3n) is 2.39. The Labute approximate surface area is 108 Å². The van der Waals surface area contributed by atoms with E-state index in [0.717, 1.165) is 5.56 Å². The van der Waals surface area contributed by atoms with Crippen LogP contribution >= 0.6 is 0 Å². The maximum atomic E-state index is 9.54. The predicted molar refractivity (Wildman–Crippen MR) is 74.1 cm³/mol. The van der Waals surface area contributed by atoms with Gasteiger partial charge in [0.05, 0.1) is 6.61 Å². The average Bonchev–Trinajstić information content (AvgIpc) is 2.38. The van der Waals surface area contributed by atoms with Crippen LogP contribution in [0.2, 0.25) is 0 Å². The highest BCUT2D eigenvalue weighted by molar-refractivity contribution is 6.50. The van der Waals surface area contributed by atoms with E-state index in [-0.39, 0.29) is 6.61 Å². The molecule has 0 fully saturated rings. The van der Waals surface area contributed by atoms with Gasteiger partial charge in [-0.05, 0) is 12.5 Å². The molecule has 0 spiro atoms. The van der Waals surface area contributed by atoms with Crippen molar-refractivity contribution < 1.29 is 14.8 Å². The van der Waals surface area contributed by atoms with Crippen LogP contribution < -0.4 is 5.32 Å². The number of benzene rings is 1. The number of aryl methyl sites for hydroxylation is 1. The van der Waals surface area contributed by atoms with Gasteiger partial charge in [-0.25, -0.2) is 0 Å². The van der Waals surface area contributed by atoms with Crippen LogP contribution in [0.15, 0.2) is 30.2 Å². The van der Waals surface area contributed by atoms with Crippen LogP contribution in [0.5, 0.6) is 0 Å². The lowest BCUT2D eigenvalue weighted by molar-refractivity contribution is 0.255. The van der Waals surface area contributed by atoms with Crippen molar-refractivity contribution in [3.8, 4) is 0 Å². The summed E-state index contributed by atoms with van der Waals surface area (Å²) in [6.45, 7) is 3.69. The molecule has 1 rings (SSSR count). The fraction of sp³-hybridized carbons (Fsp3) is 0.385. The lowest BCUT2D eigenvalue weighted by atomic mass is 9.89. The molecule has 4 nitrogen and oxygen atoms in total. The molecule has 0 atom stereocenters. The Morgan fingerprint density at radius 3 is 2.67 bits per heavy atom. The first-order valence-electron chi connectivity index (χ1n) is 6.08. The van der Waals surface area contributed by atoms with Gasteiger partial charge in [0.1, 0.15) is 0 Å². The van der Waals surface area contributed by atoms with Crippen molar-refractivity contribution in [3.63, 3.8) is 0 Å². The van der Waals surface area contributed by atoms with Crippen LogP contribution in [0.3, 0.4) is 0 Å². The molecule has 0 heterocycles. The van der Waals surface area contributed by atoms with E-state index in [2.05, 4.69) is 5.32 Å². The summed E-state index contributed by atoms with van der Waals surface area (Å²) in [4.78, 5) is 0. The molecule has 0 aliphatic rings. The molecule has 1 aromatic carbocycles. The van der Waals surface area contributed by atoms with Crippen molar-refractivity contribution in [1.29, 1.82) is 0 Å². The second-order valence-corrected chi connectivity index (χ2v) is 4.00. The second-order valence-electron chi connectivity index (χ2n) is 4.00. The molecular weight excluding hydrogens is 229 g/mol. The van der Waals surface area contributed by atoms with Crippen LogP contribution in [-0.4, -0.2) is 43.6 Å². The molecule has 0 saturated heterocycles. The summed E-state index contributed by atoms with van der Waals surface area (Å²) in [5.74, 6) is 1.61. The van der Waals surface area contributed by atoms with Crippen molar-refractivity contribution in [3.05, 3.63) is 41.4 Å². The molecule has 0 amide bonds. The number of hydrogen-bond donors (Lipinski definition) is 3. The third kappa shape index (κ3) is 6.56. The standard InChI is InChI=1S/C13H20BNO3/c1-12-2-4-13(5-3-12)6-7-14(17)18-11-9-15-8-10-16/h2-7,15-17H,8-11H2,1H3/b7-6+. The summed E-state index contributed by atoms with van der Waals surface area (Å²) in [6.07, 6.45) is 1.82. The maximum absolute atomic E-state index is 9.54. The van der Waals surface area contributed by atoms with Gasteiger partial charge in [0, 0.05) is 19.7 Å². The molecule has 3 N–H and O–H groups in total. The minimum absolute atomic E-state index is 0.107. The number of aliphatic hydroxyl groups excluding tert-OH is 1. The van der Waals surface area contributed by atoms with Crippen molar-refractivity contribution in [2.75, 3.05) is 26.3 Å².